The van der Waals surface area contributed by atoms with Crippen LogP contribution >= 0.6 is 0 Å². The zero-order valence-electron chi connectivity index (χ0n) is 16.2. The van der Waals surface area contributed by atoms with Crippen molar-refractivity contribution in [2.75, 3.05) is 0 Å². The van der Waals surface area contributed by atoms with Crippen LogP contribution in [-0.2, 0) is 5.41 Å². The van der Waals surface area contributed by atoms with Gasteiger partial charge in [-0.1, -0.05) is 89.5 Å². The van der Waals surface area contributed by atoms with E-state index in [0.29, 0.717) is 0 Å². The van der Waals surface area contributed by atoms with Crippen molar-refractivity contribution < 1.29 is 0 Å². The van der Waals surface area contributed by atoms with Crippen LogP contribution in [0.25, 0.3) is 0 Å². The van der Waals surface area contributed by atoms with Crippen molar-refractivity contribution in [3.05, 3.63) is 106 Å². The van der Waals surface area contributed by atoms with Gasteiger partial charge < -0.3 is 0 Å². The zero-order valence-corrected chi connectivity index (χ0v) is 16.2. The van der Waals surface area contributed by atoms with E-state index in [2.05, 4.69) is 79.7 Å². The van der Waals surface area contributed by atoms with Crippen LogP contribution < -0.4 is 0 Å². The molecule has 2 aliphatic rings. The SMILES string of the molecule is [B]C1=CC=C(C(C2=CCCCC2)(c2ccccc2)c2ccc(C)cc2)CC1. The summed E-state index contributed by atoms with van der Waals surface area (Å²) in [6, 6.07) is 20.3. The van der Waals surface area contributed by atoms with Gasteiger partial charge in [-0.15, -0.1) is 5.47 Å². The standard InChI is InChI=1S/C26H27B/c1-20-12-14-23(15-13-20)26(21-8-4-2-5-9-21,22-10-6-3-7-11-22)24-16-18-25(27)19-17-24/h2,4-5,8-10,12-16,18H,3,6-7,11,17,19H2,1H3. The Morgan fingerprint density at radius 1 is 0.741 bits per heavy atom. The van der Waals surface area contributed by atoms with Crippen LogP contribution in [0.2, 0.25) is 0 Å². The second-order valence-corrected chi connectivity index (χ2v) is 7.89. The van der Waals surface area contributed by atoms with E-state index < -0.39 is 0 Å². The van der Waals surface area contributed by atoms with Crippen molar-refractivity contribution in [3.8, 4) is 0 Å². The summed E-state index contributed by atoms with van der Waals surface area (Å²) in [6.45, 7) is 2.16. The molecule has 27 heavy (non-hydrogen) atoms. The van der Waals surface area contributed by atoms with E-state index in [9.17, 15) is 0 Å². The van der Waals surface area contributed by atoms with E-state index in [-0.39, 0.29) is 5.41 Å². The predicted molar refractivity (Wildman–Crippen MR) is 116 cm³/mol. The number of benzene rings is 2. The largest absolute Gasteiger partial charge is 0.117 e. The molecule has 1 atom stereocenters. The lowest BCUT2D eigenvalue weighted by Gasteiger charge is -2.42. The molecule has 0 aromatic heterocycles. The Hall–Kier alpha value is -2.28. The Balaban J connectivity index is 2.02. The Morgan fingerprint density at radius 2 is 1.48 bits per heavy atom. The van der Waals surface area contributed by atoms with Gasteiger partial charge >= 0.3 is 0 Å². The minimum absolute atomic E-state index is 0.174. The Kier molecular flexibility index (Phi) is 5.21. The minimum atomic E-state index is -0.174. The first kappa shape index (κ1) is 18.1. The molecule has 0 nitrogen and oxygen atoms in total. The van der Waals surface area contributed by atoms with Crippen molar-refractivity contribution in [1.29, 1.82) is 0 Å². The average Bonchev–Trinajstić information content (AvgIpc) is 2.73. The van der Waals surface area contributed by atoms with Gasteiger partial charge in [-0.25, -0.2) is 0 Å². The van der Waals surface area contributed by atoms with Crippen LogP contribution in [0.5, 0.6) is 0 Å². The Labute approximate surface area is 165 Å². The molecule has 1 unspecified atom stereocenters. The highest BCUT2D eigenvalue weighted by molar-refractivity contribution is 6.21. The lowest BCUT2D eigenvalue weighted by molar-refractivity contribution is 0.579. The molecule has 0 saturated heterocycles. The molecule has 2 aliphatic carbocycles. The first-order chi connectivity index (χ1) is 13.2. The summed E-state index contributed by atoms with van der Waals surface area (Å²) < 4.78 is 0. The smallest absolute Gasteiger partial charge is 0.107 e. The molecule has 0 saturated carbocycles. The van der Waals surface area contributed by atoms with Crippen LogP contribution in [0, 0.1) is 6.92 Å². The predicted octanol–water partition coefficient (Wildman–Crippen LogP) is 6.55. The molecule has 134 valence electrons. The fourth-order valence-electron chi connectivity index (χ4n) is 4.75. The van der Waals surface area contributed by atoms with E-state index in [1.165, 1.54) is 47.9 Å². The molecule has 0 aliphatic heterocycles. The second-order valence-electron chi connectivity index (χ2n) is 7.89. The van der Waals surface area contributed by atoms with Gasteiger partial charge in [0.25, 0.3) is 0 Å². The topological polar surface area (TPSA) is 0 Å². The fraction of sp³-hybridized carbons (Fsp3) is 0.308. The molecule has 2 aromatic carbocycles. The van der Waals surface area contributed by atoms with E-state index >= 15 is 0 Å². The van der Waals surface area contributed by atoms with Gasteiger partial charge in [0.15, 0.2) is 0 Å². The third kappa shape index (κ3) is 3.36. The van der Waals surface area contributed by atoms with E-state index in [4.69, 9.17) is 7.85 Å². The van der Waals surface area contributed by atoms with Gasteiger partial charge in [-0.3, -0.25) is 0 Å². The number of hydrogen-bond donors (Lipinski definition) is 0. The van der Waals surface area contributed by atoms with Gasteiger partial charge in [0.05, 0.1) is 5.41 Å². The van der Waals surface area contributed by atoms with Crippen molar-refractivity contribution in [3.63, 3.8) is 0 Å². The third-order valence-corrected chi connectivity index (χ3v) is 6.13. The van der Waals surface area contributed by atoms with Crippen LogP contribution in [0.1, 0.15) is 55.2 Å². The monoisotopic (exact) mass is 350 g/mol. The van der Waals surface area contributed by atoms with E-state index in [1.54, 1.807) is 5.57 Å². The molecule has 0 amide bonds. The summed E-state index contributed by atoms with van der Waals surface area (Å²) >= 11 is 0. The first-order valence-corrected chi connectivity index (χ1v) is 10.2. The maximum absolute atomic E-state index is 6.12. The zero-order chi connectivity index (χ0) is 18.7. The quantitative estimate of drug-likeness (QED) is 0.433. The summed E-state index contributed by atoms with van der Waals surface area (Å²) in [5.74, 6) is 0. The van der Waals surface area contributed by atoms with Crippen molar-refractivity contribution in [2.24, 2.45) is 0 Å². The molecule has 0 bridgehead atoms. The van der Waals surface area contributed by atoms with Gasteiger partial charge in [0.1, 0.15) is 7.85 Å². The number of rotatable bonds is 4. The molecule has 2 aromatic rings. The average molecular weight is 350 g/mol. The second kappa shape index (κ2) is 7.76. The Bertz CT molecular complexity index is 884. The molecule has 4 rings (SSSR count). The van der Waals surface area contributed by atoms with Crippen LogP contribution in [0.3, 0.4) is 0 Å². The van der Waals surface area contributed by atoms with E-state index in [0.717, 1.165) is 18.3 Å². The van der Waals surface area contributed by atoms with Crippen LogP contribution in [0.4, 0.5) is 0 Å². The summed E-state index contributed by atoms with van der Waals surface area (Å²) in [5.41, 5.74) is 7.91. The van der Waals surface area contributed by atoms with Gasteiger partial charge in [0.2, 0.25) is 0 Å². The summed E-state index contributed by atoms with van der Waals surface area (Å²) in [7, 11) is 6.12. The van der Waals surface area contributed by atoms with Crippen LogP contribution in [0.15, 0.2) is 89.4 Å². The minimum Gasteiger partial charge on any atom is -0.117 e. The Morgan fingerprint density at radius 3 is 2.11 bits per heavy atom. The lowest BCUT2D eigenvalue weighted by Crippen LogP contribution is -2.34. The normalized spacial score (nSPS) is 19.5. The van der Waals surface area contributed by atoms with Gasteiger partial charge in [0, 0.05) is 0 Å². The molecular weight excluding hydrogens is 323 g/mol. The molecule has 0 fully saturated rings. The maximum Gasteiger partial charge on any atom is 0.107 e. The van der Waals surface area contributed by atoms with Gasteiger partial charge in [-0.2, -0.15) is 0 Å². The lowest BCUT2D eigenvalue weighted by atomic mass is 9.60. The molecule has 2 radical (unpaired) electrons. The summed E-state index contributed by atoms with van der Waals surface area (Å²) in [6.07, 6.45) is 13.8. The molecule has 0 heterocycles. The third-order valence-electron chi connectivity index (χ3n) is 6.13. The van der Waals surface area contributed by atoms with Crippen molar-refractivity contribution >= 4 is 7.85 Å². The number of allylic oxidation sites excluding steroid dienone is 6. The van der Waals surface area contributed by atoms with Crippen molar-refractivity contribution in [2.45, 2.75) is 50.9 Å². The highest BCUT2D eigenvalue weighted by Gasteiger charge is 2.41. The molecule has 1 heteroatoms. The highest BCUT2D eigenvalue weighted by Crippen LogP contribution is 2.50. The van der Waals surface area contributed by atoms with Gasteiger partial charge in [-0.05, 0) is 56.6 Å². The first-order valence-electron chi connectivity index (χ1n) is 10.2. The molecular formula is C26H27B. The molecule has 0 N–H and O–H groups in total. The summed E-state index contributed by atoms with van der Waals surface area (Å²) in [5, 5.41) is 0. The summed E-state index contributed by atoms with van der Waals surface area (Å²) in [4.78, 5) is 0. The van der Waals surface area contributed by atoms with Crippen LogP contribution in [-0.4, -0.2) is 7.85 Å². The number of hydrogen-bond acceptors (Lipinski definition) is 0. The highest BCUT2D eigenvalue weighted by atomic mass is 14.4. The van der Waals surface area contributed by atoms with Crippen molar-refractivity contribution in [1.82, 2.24) is 0 Å². The fourth-order valence-corrected chi connectivity index (χ4v) is 4.75. The number of aryl methyl sites for hydroxylation is 1. The van der Waals surface area contributed by atoms with E-state index in [1.807, 2.05) is 0 Å². The molecule has 0 spiro atoms. The maximum atomic E-state index is 6.12.